The van der Waals surface area contributed by atoms with Crippen molar-refractivity contribution in [2.45, 2.75) is 32.7 Å². The Balaban J connectivity index is 1.83. The van der Waals surface area contributed by atoms with Gasteiger partial charge in [0.05, 0.1) is 6.61 Å². The van der Waals surface area contributed by atoms with E-state index in [9.17, 15) is 0 Å². The summed E-state index contributed by atoms with van der Waals surface area (Å²) >= 11 is 0. The van der Waals surface area contributed by atoms with Gasteiger partial charge in [0.25, 0.3) is 0 Å². The standard InChI is InChI=1S/C19H23NO/c1-3-20-14(2)15-6-8-16(9-7-15)17-10-11-19-18(13-17)5-4-12-21-19/h6-11,13-14,20H,3-5,12H2,1-2H3. The summed E-state index contributed by atoms with van der Waals surface area (Å²) < 4.78 is 5.68. The first-order valence-electron chi connectivity index (χ1n) is 7.87. The maximum absolute atomic E-state index is 5.68. The second-order valence-corrected chi connectivity index (χ2v) is 5.68. The van der Waals surface area contributed by atoms with Crippen molar-refractivity contribution in [3.8, 4) is 16.9 Å². The minimum atomic E-state index is 0.404. The predicted molar refractivity (Wildman–Crippen MR) is 87.8 cm³/mol. The van der Waals surface area contributed by atoms with Crippen LogP contribution < -0.4 is 10.1 Å². The molecular weight excluding hydrogens is 258 g/mol. The van der Waals surface area contributed by atoms with Crippen LogP contribution in [0.4, 0.5) is 0 Å². The molecule has 2 heteroatoms. The first-order valence-corrected chi connectivity index (χ1v) is 7.87. The molecular formula is C19H23NO. The number of rotatable bonds is 4. The number of ether oxygens (including phenoxy) is 1. The van der Waals surface area contributed by atoms with E-state index in [-0.39, 0.29) is 0 Å². The fourth-order valence-electron chi connectivity index (χ4n) is 2.93. The van der Waals surface area contributed by atoms with E-state index in [0.29, 0.717) is 6.04 Å². The van der Waals surface area contributed by atoms with Gasteiger partial charge in [0.15, 0.2) is 0 Å². The quantitative estimate of drug-likeness (QED) is 0.899. The highest BCUT2D eigenvalue weighted by Crippen LogP contribution is 2.30. The molecule has 0 saturated heterocycles. The number of hydrogen-bond donors (Lipinski definition) is 1. The van der Waals surface area contributed by atoms with Crippen LogP contribution in [-0.4, -0.2) is 13.2 Å². The lowest BCUT2D eigenvalue weighted by Crippen LogP contribution is -2.17. The van der Waals surface area contributed by atoms with Crippen LogP contribution in [0, 0.1) is 0 Å². The number of nitrogens with one attached hydrogen (secondary N) is 1. The van der Waals surface area contributed by atoms with Crippen molar-refractivity contribution in [1.29, 1.82) is 0 Å². The molecule has 2 aromatic rings. The molecule has 0 spiro atoms. The van der Waals surface area contributed by atoms with Crippen LogP contribution in [0.3, 0.4) is 0 Å². The second kappa shape index (κ2) is 6.31. The molecule has 0 amide bonds. The molecule has 1 unspecified atom stereocenters. The molecule has 2 nitrogen and oxygen atoms in total. The Labute approximate surface area is 127 Å². The van der Waals surface area contributed by atoms with E-state index in [1.807, 2.05) is 0 Å². The smallest absolute Gasteiger partial charge is 0.122 e. The molecule has 0 bridgehead atoms. The Morgan fingerprint density at radius 2 is 1.86 bits per heavy atom. The highest BCUT2D eigenvalue weighted by molar-refractivity contribution is 5.66. The molecule has 2 aromatic carbocycles. The molecule has 0 aliphatic carbocycles. The van der Waals surface area contributed by atoms with E-state index in [0.717, 1.165) is 31.7 Å². The van der Waals surface area contributed by atoms with Crippen molar-refractivity contribution < 1.29 is 4.74 Å². The summed E-state index contributed by atoms with van der Waals surface area (Å²) in [6, 6.07) is 15.8. The first-order chi connectivity index (χ1) is 10.3. The lowest BCUT2D eigenvalue weighted by molar-refractivity contribution is 0.288. The Morgan fingerprint density at radius 1 is 1.10 bits per heavy atom. The molecule has 1 heterocycles. The van der Waals surface area contributed by atoms with E-state index in [2.05, 4.69) is 61.6 Å². The maximum atomic E-state index is 5.68. The molecule has 1 N–H and O–H groups in total. The van der Waals surface area contributed by atoms with Gasteiger partial charge in [-0.2, -0.15) is 0 Å². The lowest BCUT2D eigenvalue weighted by atomic mass is 9.97. The van der Waals surface area contributed by atoms with Crippen LogP contribution >= 0.6 is 0 Å². The predicted octanol–water partition coefficient (Wildman–Crippen LogP) is 4.35. The van der Waals surface area contributed by atoms with Gasteiger partial charge in [0.1, 0.15) is 5.75 Å². The zero-order valence-electron chi connectivity index (χ0n) is 12.9. The van der Waals surface area contributed by atoms with Crippen LogP contribution in [0.15, 0.2) is 42.5 Å². The monoisotopic (exact) mass is 281 g/mol. The Hall–Kier alpha value is -1.80. The normalized spacial score (nSPS) is 15.1. The first kappa shape index (κ1) is 14.2. The Kier molecular flexibility index (Phi) is 4.26. The maximum Gasteiger partial charge on any atom is 0.122 e. The Morgan fingerprint density at radius 3 is 2.62 bits per heavy atom. The van der Waals surface area contributed by atoms with E-state index in [1.54, 1.807) is 0 Å². The summed E-state index contributed by atoms with van der Waals surface area (Å²) in [7, 11) is 0. The van der Waals surface area contributed by atoms with Crippen molar-refractivity contribution in [1.82, 2.24) is 5.32 Å². The largest absolute Gasteiger partial charge is 0.493 e. The third-order valence-corrected chi connectivity index (χ3v) is 4.16. The molecule has 110 valence electrons. The molecule has 1 atom stereocenters. The van der Waals surface area contributed by atoms with Gasteiger partial charge >= 0.3 is 0 Å². The van der Waals surface area contributed by atoms with Crippen LogP contribution in [0.2, 0.25) is 0 Å². The van der Waals surface area contributed by atoms with Gasteiger partial charge < -0.3 is 10.1 Å². The van der Waals surface area contributed by atoms with Crippen LogP contribution in [0.5, 0.6) is 5.75 Å². The summed E-state index contributed by atoms with van der Waals surface area (Å²) in [5.74, 6) is 1.06. The summed E-state index contributed by atoms with van der Waals surface area (Å²) in [4.78, 5) is 0. The van der Waals surface area contributed by atoms with Crippen LogP contribution in [0.1, 0.15) is 37.4 Å². The minimum Gasteiger partial charge on any atom is -0.493 e. The van der Waals surface area contributed by atoms with Gasteiger partial charge in [0, 0.05) is 6.04 Å². The van der Waals surface area contributed by atoms with E-state index in [4.69, 9.17) is 4.74 Å². The molecule has 1 aliphatic heterocycles. The third-order valence-electron chi connectivity index (χ3n) is 4.16. The van der Waals surface area contributed by atoms with E-state index in [1.165, 1.54) is 22.3 Å². The average molecular weight is 281 g/mol. The summed E-state index contributed by atoms with van der Waals surface area (Å²) in [6.45, 7) is 6.19. The van der Waals surface area contributed by atoms with E-state index < -0.39 is 0 Å². The number of fused-ring (bicyclic) bond motifs is 1. The summed E-state index contributed by atoms with van der Waals surface area (Å²) in [5.41, 5.74) is 5.23. The molecule has 1 aliphatic rings. The molecule has 0 radical (unpaired) electrons. The van der Waals surface area contributed by atoms with Gasteiger partial charge in [-0.15, -0.1) is 0 Å². The van der Waals surface area contributed by atoms with Crippen molar-refractivity contribution >= 4 is 0 Å². The number of benzene rings is 2. The molecule has 0 aromatic heterocycles. The topological polar surface area (TPSA) is 21.3 Å². The minimum absolute atomic E-state index is 0.404. The lowest BCUT2D eigenvalue weighted by Gasteiger charge is -2.18. The zero-order valence-corrected chi connectivity index (χ0v) is 12.9. The van der Waals surface area contributed by atoms with Crippen molar-refractivity contribution in [2.75, 3.05) is 13.2 Å². The van der Waals surface area contributed by atoms with Gasteiger partial charge in [-0.3, -0.25) is 0 Å². The summed E-state index contributed by atoms with van der Waals surface area (Å²) in [5, 5.41) is 3.45. The van der Waals surface area contributed by atoms with Crippen molar-refractivity contribution in [2.24, 2.45) is 0 Å². The molecule has 0 fully saturated rings. The zero-order chi connectivity index (χ0) is 14.7. The fraction of sp³-hybridized carbons (Fsp3) is 0.368. The van der Waals surface area contributed by atoms with Crippen LogP contribution in [0.25, 0.3) is 11.1 Å². The average Bonchev–Trinajstić information content (AvgIpc) is 2.55. The molecule has 21 heavy (non-hydrogen) atoms. The highest BCUT2D eigenvalue weighted by Gasteiger charge is 2.11. The fourth-order valence-corrected chi connectivity index (χ4v) is 2.93. The van der Waals surface area contributed by atoms with Crippen molar-refractivity contribution in [3.63, 3.8) is 0 Å². The highest BCUT2D eigenvalue weighted by atomic mass is 16.5. The van der Waals surface area contributed by atoms with Crippen molar-refractivity contribution in [3.05, 3.63) is 53.6 Å². The third kappa shape index (κ3) is 3.11. The van der Waals surface area contributed by atoms with Gasteiger partial charge in [-0.1, -0.05) is 37.3 Å². The van der Waals surface area contributed by atoms with Gasteiger partial charge in [-0.25, -0.2) is 0 Å². The van der Waals surface area contributed by atoms with E-state index >= 15 is 0 Å². The van der Waals surface area contributed by atoms with Gasteiger partial charge in [0.2, 0.25) is 0 Å². The molecule has 0 saturated carbocycles. The SMILES string of the molecule is CCNC(C)c1ccc(-c2ccc3c(c2)CCCO3)cc1. The summed E-state index contributed by atoms with van der Waals surface area (Å²) in [6.07, 6.45) is 2.24. The second-order valence-electron chi connectivity index (χ2n) is 5.68. The Bertz CT molecular complexity index is 603. The number of hydrogen-bond acceptors (Lipinski definition) is 2. The number of aryl methyl sites for hydroxylation is 1. The van der Waals surface area contributed by atoms with Gasteiger partial charge in [-0.05, 0) is 60.7 Å². The molecule has 3 rings (SSSR count). The van der Waals surface area contributed by atoms with Crippen LogP contribution in [-0.2, 0) is 6.42 Å².